The second-order valence-electron chi connectivity index (χ2n) is 5.41. The van der Waals surface area contributed by atoms with Crippen LogP contribution in [0.2, 0.25) is 0 Å². The highest BCUT2D eigenvalue weighted by Crippen LogP contribution is 2.52. The number of rotatable bonds is 4. The minimum absolute atomic E-state index is 0.0538. The molecule has 2 atom stereocenters. The van der Waals surface area contributed by atoms with Gasteiger partial charge in [0.25, 0.3) is 0 Å². The summed E-state index contributed by atoms with van der Waals surface area (Å²) in [6, 6.07) is 8.72. The zero-order valence-corrected chi connectivity index (χ0v) is 12.9. The summed E-state index contributed by atoms with van der Waals surface area (Å²) in [7, 11) is 2.36. The molecule has 124 valence electrons. The first-order valence-corrected chi connectivity index (χ1v) is 7.11. The van der Waals surface area contributed by atoms with Gasteiger partial charge in [0.2, 0.25) is 0 Å². The number of nitrogens with zero attached hydrogens (tertiary/aromatic N) is 1. The fraction of sp³-hybridized carbons (Fsp3) is 0.438. The molecule has 0 heterocycles. The third kappa shape index (κ3) is 2.57. The Morgan fingerprint density at radius 2 is 1.78 bits per heavy atom. The van der Waals surface area contributed by atoms with Crippen molar-refractivity contribution in [2.45, 2.75) is 12.3 Å². The van der Waals surface area contributed by atoms with Crippen LogP contribution in [0.1, 0.15) is 17.9 Å². The van der Waals surface area contributed by atoms with Crippen LogP contribution in [0.15, 0.2) is 35.5 Å². The quantitative estimate of drug-likeness (QED) is 0.370. The minimum atomic E-state index is -1.69. The summed E-state index contributed by atoms with van der Waals surface area (Å²) >= 11 is 0. The average molecular weight is 321 g/mol. The first-order chi connectivity index (χ1) is 11.1. The standard InChI is InChI=1S/C16H19NO6/c1-22-14(19)16(15(20)23-2)8-11(9-18)13(17-21)12(16)10-6-4-3-5-7-10/h3-7,11-12,18,21H,8-9H2,1-2H3/b17-13+/t11-,12-/m0/s1. The Hall–Kier alpha value is -2.41. The lowest BCUT2D eigenvalue weighted by atomic mass is 9.73. The van der Waals surface area contributed by atoms with Crippen LogP contribution in [0.5, 0.6) is 0 Å². The normalized spacial score (nSPS) is 24.4. The van der Waals surface area contributed by atoms with Crippen LogP contribution in [0, 0.1) is 11.3 Å². The number of aliphatic hydroxyl groups is 1. The Kier molecular flexibility index (Phi) is 5.00. The molecular formula is C16H19NO6. The number of carbonyl (C=O) groups is 2. The number of hydrogen-bond acceptors (Lipinski definition) is 7. The molecule has 1 fully saturated rings. The number of carbonyl (C=O) groups excluding carboxylic acids is 2. The molecule has 23 heavy (non-hydrogen) atoms. The molecule has 0 saturated heterocycles. The van der Waals surface area contributed by atoms with Gasteiger partial charge in [-0.3, -0.25) is 9.59 Å². The summed E-state index contributed by atoms with van der Waals surface area (Å²) in [4.78, 5) is 25.0. The summed E-state index contributed by atoms with van der Waals surface area (Å²) in [6.07, 6.45) is -0.0538. The molecule has 2 N–H and O–H groups in total. The largest absolute Gasteiger partial charge is 0.468 e. The number of aliphatic hydroxyl groups excluding tert-OH is 1. The van der Waals surface area contributed by atoms with Crippen molar-refractivity contribution in [2.75, 3.05) is 20.8 Å². The van der Waals surface area contributed by atoms with Gasteiger partial charge in [0.1, 0.15) is 0 Å². The van der Waals surface area contributed by atoms with Crippen molar-refractivity contribution in [3.8, 4) is 0 Å². The summed E-state index contributed by atoms with van der Waals surface area (Å²) in [5.41, 5.74) is -0.929. The van der Waals surface area contributed by atoms with Crippen LogP contribution in [-0.4, -0.2) is 48.8 Å². The number of oxime groups is 1. The van der Waals surface area contributed by atoms with Gasteiger partial charge in [-0.2, -0.15) is 0 Å². The third-order valence-electron chi connectivity index (χ3n) is 4.34. The molecule has 0 aliphatic heterocycles. The number of hydrogen-bond donors (Lipinski definition) is 2. The molecule has 1 aliphatic carbocycles. The second kappa shape index (κ2) is 6.78. The predicted octanol–water partition coefficient (Wildman–Crippen LogP) is 0.945. The van der Waals surface area contributed by atoms with Crippen molar-refractivity contribution < 1.29 is 29.4 Å². The summed E-state index contributed by atoms with van der Waals surface area (Å²) in [5, 5.41) is 22.3. The fourth-order valence-corrected chi connectivity index (χ4v) is 3.35. The molecule has 0 spiro atoms. The lowest BCUT2D eigenvalue weighted by Gasteiger charge is -2.29. The van der Waals surface area contributed by atoms with E-state index in [1.54, 1.807) is 30.3 Å². The molecule has 0 bridgehead atoms. The van der Waals surface area contributed by atoms with E-state index >= 15 is 0 Å². The molecule has 1 aliphatic rings. The summed E-state index contributed by atoms with van der Waals surface area (Å²) in [5.74, 6) is -3.08. The van der Waals surface area contributed by atoms with Gasteiger partial charge in [-0.1, -0.05) is 35.5 Å². The van der Waals surface area contributed by atoms with Crippen molar-refractivity contribution in [3.05, 3.63) is 35.9 Å². The van der Waals surface area contributed by atoms with Crippen molar-refractivity contribution in [1.29, 1.82) is 0 Å². The molecule has 0 unspecified atom stereocenters. The minimum Gasteiger partial charge on any atom is -0.468 e. The highest BCUT2D eigenvalue weighted by atomic mass is 16.5. The van der Waals surface area contributed by atoms with E-state index in [2.05, 4.69) is 5.16 Å². The monoisotopic (exact) mass is 321 g/mol. The first kappa shape index (κ1) is 17.0. The van der Waals surface area contributed by atoms with Gasteiger partial charge in [-0.25, -0.2) is 0 Å². The molecule has 1 aromatic carbocycles. The van der Waals surface area contributed by atoms with E-state index < -0.39 is 29.2 Å². The lowest BCUT2D eigenvalue weighted by Crippen LogP contribution is -2.44. The van der Waals surface area contributed by atoms with Gasteiger partial charge in [-0.15, -0.1) is 0 Å². The fourth-order valence-electron chi connectivity index (χ4n) is 3.35. The molecule has 1 aromatic rings. The van der Waals surface area contributed by atoms with Crippen LogP contribution < -0.4 is 0 Å². The van der Waals surface area contributed by atoms with Crippen LogP contribution in [0.3, 0.4) is 0 Å². The van der Waals surface area contributed by atoms with Crippen molar-refractivity contribution >= 4 is 17.7 Å². The van der Waals surface area contributed by atoms with Crippen LogP contribution in [0.25, 0.3) is 0 Å². The second-order valence-corrected chi connectivity index (χ2v) is 5.41. The van der Waals surface area contributed by atoms with Crippen molar-refractivity contribution in [2.24, 2.45) is 16.5 Å². The van der Waals surface area contributed by atoms with E-state index in [1.807, 2.05) is 0 Å². The van der Waals surface area contributed by atoms with E-state index in [-0.39, 0.29) is 18.7 Å². The predicted molar refractivity (Wildman–Crippen MR) is 80.1 cm³/mol. The van der Waals surface area contributed by atoms with Gasteiger partial charge in [0.15, 0.2) is 5.41 Å². The maximum atomic E-state index is 12.5. The van der Waals surface area contributed by atoms with Crippen LogP contribution in [0.4, 0.5) is 0 Å². The van der Waals surface area contributed by atoms with Crippen LogP contribution >= 0.6 is 0 Å². The van der Waals surface area contributed by atoms with E-state index in [1.165, 1.54) is 14.2 Å². The van der Waals surface area contributed by atoms with E-state index in [9.17, 15) is 19.9 Å². The van der Waals surface area contributed by atoms with Gasteiger partial charge in [0, 0.05) is 5.92 Å². The van der Waals surface area contributed by atoms with E-state index in [0.717, 1.165) is 0 Å². The van der Waals surface area contributed by atoms with Gasteiger partial charge < -0.3 is 19.8 Å². The highest BCUT2D eigenvalue weighted by molar-refractivity contribution is 6.12. The van der Waals surface area contributed by atoms with Crippen molar-refractivity contribution in [1.82, 2.24) is 0 Å². The third-order valence-corrected chi connectivity index (χ3v) is 4.34. The molecule has 0 aromatic heterocycles. The Morgan fingerprint density at radius 3 is 2.22 bits per heavy atom. The lowest BCUT2D eigenvalue weighted by molar-refractivity contribution is -0.169. The maximum absolute atomic E-state index is 12.5. The Balaban J connectivity index is 2.70. The number of ether oxygens (including phenoxy) is 2. The molecule has 1 saturated carbocycles. The molecule has 0 amide bonds. The Morgan fingerprint density at radius 1 is 1.22 bits per heavy atom. The zero-order valence-electron chi connectivity index (χ0n) is 12.9. The SMILES string of the molecule is COC(=O)C1(C(=O)OC)C[C@@H](CO)/C(=N\O)[C@@H]1c1ccccc1. The highest BCUT2D eigenvalue weighted by Gasteiger charge is 2.63. The molecular weight excluding hydrogens is 302 g/mol. The van der Waals surface area contributed by atoms with Crippen LogP contribution in [-0.2, 0) is 19.1 Å². The molecule has 7 heteroatoms. The zero-order chi connectivity index (χ0) is 17.0. The molecule has 2 rings (SSSR count). The van der Waals surface area contributed by atoms with Gasteiger partial charge in [0.05, 0.1) is 32.5 Å². The maximum Gasteiger partial charge on any atom is 0.324 e. The number of methoxy groups -OCH3 is 2. The molecule has 0 radical (unpaired) electrons. The smallest absolute Gasteiger partial charge is 0.324 e. The number of benzene rings is 1. The van der Waals surface area contributed by atoms with Crippen molar-refractivity contribution in [3.63, 3.8) is 0 Å². The van der Waals surface area contributed by atoms with Gasteiger partial charge >= 0.3 is 11.9 Å². The Labute approximate surface area is 133 Å². The van der Waals surface area contributed by atoms with E-state index in [0.29, 0.717) is 5.56 Å². The average Bonchev–Trinajstić information content (AvgIpc) is 2.96. The summed E-state index contributed by atoms with van der Waals surface area (Å²) < 4.78 is 9.68. The Bertz CT molecular complexity index is 596. The molecule has 7 nitrogen and oxygen atoms in total. The van der Waals surface area contributed by atoms with E-state index in [4.69, 9.17) is 9.47 Å². The summed E-state index contributed by atoms with van der Waals surface area (Å²) in [6.45, 7) is -0.363. The van der Waals surface area contributed by atoms with Gasteiger partial charge in [-0.05, 0) is 12.0 Å². The topological polar surface area (TPSA) is 105 Å². The number of esters is 2. The first-order valence-electron chi connectivity index (χ1n) is 7.11.